The van der Waals surface area contributed by atoms with Gasteiger partial charge in [0.05, 0.1) is 0 Å². The maximum atomic E-state index is 12.5. The molecule has 1 saturated heterocycles. The number of rotatable bonds is 3. The molecule has 2 rings (SSSR count). The second-order valence-electron chi connectivity index (χ2n) is 6.34. The Balaban J connectivity index is 2.20. The van der Waals surface area contributed by atoms with E-state index in [1.807, 2.05) is 0 Å². The summed E-state index contributed by atoms with van der Waals surface area (Å²) in [5.41, 5.74) is -1.54. The lowest BCUT2D eigenvalue weighted by Gasteiger charge is -2.33. The minimum atomic E-state index is -1.30. The number of carboxylic acids is 1. The first kappa shape index (κ1) is 18.0. The van der Waals surface area contributed by atoms with Crippen molar-refractivity contribution in [3.8, 4) is 11.8 Å². The van der Waals surface area contributed by atoms with Gasteiger partial charge in [0, 0.05) is 37.2 Å². The maximum absolute atomic E-state index is 12.5. The SMILES string of the molecule is CC(C)(O)C#Cc1cccc(C(=O)NC2(C(=O)O)CCOCC2)c1. The third-order valence-electron chi connectivity index (χ3n) is 3.75. The van der Waals surface area contributed by atoms with E-state index in [1.165, 1.54) is 0 Å². The number of hydrogen-bond donors (Lipinski definition) is 3. The van der Waals surface area contributed by atoms with E-state index in [1.54, 1.807) is 38.1 Å². The van der Waals surface area contributed by atoms with E-state index in [-0.39, 0.29) is 12.8 Å². The van der Waals surface area contributed by atoms with Crippen LogP contribution in [0.5, 0.6) is 0 Å². The summed E-state index contributed by atoms with van der Waals surface area (Å²) in [5, 5.41) is 21.8. The van der Waals surface area contributed by atoms with Crippen molar-refractivity contribution in [2.45, 2.75) is 37.8 Å². The summed E-state index contributed by atoms with van der Waals surface area (Å²) in [7, 11) is 0. The minimum absolute atomic E-state index is 0.228. The molecule has 1 fully saturated rings. The van der Waals surface area contributed by atoms with Crippen molar-refractivity contribution in [3.05, 3.63) is 35.4 Å². The average Bonchev–Trinajstić information content (AvgIpc) is 2.53. The van der Waals surface area contributed by atoms with Gasteiger partial charge in [0.1, 0.15) is 11.1 Å². The van der Waals surface area contributed by atoms with E-state index in [2.05, 4.69) is 17.2 Å². The number of carbonyl (C=O) groups excluding carboxylic acids is 1. The number of carbonyl (C=O) groups is 2. The molecule has 0 spiro atoms. The lowest BCUT2D eigenvalue weighted by molar-refractivity contribution is -0.148. The molecule has 1 aliphatic rings. The zero-order chi connectivity index (χ0) is 17.8. The van der Waals surface area contributed by atoms with Gasteiger partial charge in [-0.05, 0) is 32.0 Å². The van der Waals surface area contributed by atoms with E-state index in [9.17, 15) is 19.8 Å². The van der Waals surface area contributed by atoms with E-state index in [0.717, 1.165) is 0 Å². The number of nitrogens with one attached hydrogen (secondary N) is 1. The molecule has 0 aliphatic carbocycles. The second-order valence-corrected chi connectivity index (χ2v) is 6.34. The first-order valence-corrected chi connectivity index (χ1v) is 7.71. The summed E-state index contributed by atoms with van der Waals surface area (Å²) in [4.78, 5) is 24.1. The summed E-state index contributed by atoms with van der Waals surface area (Å²) in [5.74, 6) is 3.95. The monoisotopic (exact) mass is 331 g/mol. The zero-order valence-electron chi connectivity index (χ0n) is 13.8. The quantitative estimate of drug-likeness (QED) is 0.723. The van der Waals surface area contributed by atoms with Gasteiger partial charge in [-0.15, -0.1) is 0 Å². The largest absolute Gasteiger partial charge is 0.480 e. The number of ether oxygens (including phenoxy) is 1. The van der Waals surface area contributed by atoms with Crippen LogP contribution in [0.3, 0.4) is 0 Å². The zero-order valence-corrected chi connectivity index (χ0v) is 13.8. The Morgan fingerprint density at radius 2 is 1.96 bits per heavy atom. The summed E-state index contributed by atoms with van der Waals surface area (Å²) < 4.78 is 5.19. The van der Waals surface area contributed by atoms with Gasteiger partial charge in [0.25, 0.3) is 5.91 Å². The van der Waals surface area contributed by atoms with E-state index < -0.39 is 23.0 Å². The van der Waals surface area contributed by atoms with E-state index in [0.29, 0.717) is 24.3 Å². The van der Waals surface area contributed by atoms with Gasteiger partial charge in [-0.25, -0.2) is 4.79 Å². The van der Waals surface area contributed by atoms with Crippen molar-refractivity contribution in [3.63, 3.8) is 0 Å². The van der Waals surface area contributed by atoms with Gasteiger partial charge >= 0.3 is 5.97 Å². The summed E-state index contributed by atoms with van der Waals surface area (Å²) in [6.45, 7) is 3.73. The van der Waals surface area contributed by atoms with Gasteiger partial charge in [-0.3, -0.25) is 4.79 Å². The molecule has 24 heavy (non-hydrogen) atoms. The molecule has 3 N–H and O–H groups in total. The van der Waals surface area contributed by atoms with Crippen molar-refractivity contribution in [2.24, 2.45) is 0 Å². The van der Waals surface area contributed by atoms with E-state index >= 15 is 0 Å². The Kier molecular flexibility index (Phi) is 5.27. The fourth-order valence-electron chi connectivity index (χ4n) is 2.36. The van der Waals surface area contributed by atoms with Gasteiger partial charge < -0.3 is 20.3 Å². The van der Waals surface area contributed by atoms with Crippen LogP contribution in [0, 0.1) is 11.8 Å². The van der Waals surface area contributed by atoms with Gasteiger partial charge in [-0.1, -0.05) is 17.9 Å². The molecule has 1 aromatic carbocycles. The molecule has 0 unspecified atom stereocenters. The fraction of sp³-hybridized carbons (Fsp3) is 0.444. The number of aliphatic carboxylic acids is 1. The van der Waals surface area contributed by atoms with Crippen LogP contribution < -0.4 is 5.32 Å². The first-order chi connectivity index (χ1) is 11.2. The van der Waals surface area contributed by atoms with Crippen LogP contribution >= 0.6 is 0 Å². The molecular formula is C18H21NO5. The molecule has 1 aliphatic heterocycles. The number of amides is 1. The second kappa shape index (κ2) is 7.04. The fourth-order valence-corrected chi connectivity index (χ4v) is 2.36. The Labute approximate surface area is 140 Å². The molecule has 0 aromatic heterocycles. The van der Waals surface area contributed by atoms with Crippen LogP contribution in [0.1, 0.15) is 42.6 Å². The smallest absolute Gasteiger partial charge is 0.329 e. The van der Waals surface area contributed by atoms with Gasteiger partial charge in [-0.2, -0.15) is 0 Å². The molecule has 0 bridgehead atoms. The third kappa shape index (κ3) is 4.57. The Morgan fingerprint density at radius 1 is 1.29 bits per heavy atom. The van der Waals surface area contributed by atoms with Crippen LogP contribution in [0.4, 0.5) is 0 Å². The lowest BCUT2D eigenvalue weighted by Crippen LogP contribution is -2.57. The lowest BCUT2D eigenvalue weighted by atomic mass is 9.89. The van der Waals surface area contributed by atoms with E-state index in [4.69, 9.17) is 4.74 Å². The summed E-state index contributed by atoms with van der Waals surface area (Å²) >= 11 is 0. The summed E-state index contributed by atoms with van der Waals surface area (Å²) in [6, 6.07) is 6.56. The molecule has 1 aromatic rings. The van der Waals surface area contributed by atoms with Crippen LogP contribution in [0.2, 0.25) is 0 Å². The third-order valence-corrected chi connectivity index (χ3v) is 3.75. The Morgan fingerprint density at radius 3 is 2.54 bits per heavy atom. The molecule has 0 saturated carbocycles. The van der Waals surface area contributed by atoms with Crippen molar-refractivity contribution in [1.82, 2.24) is 5.32 Å². The van der Waals surface area contributed by atoms with Crippen LogP contribution in [0.15, 0.2) is 24.3 Å². The van der Waals surface area contributed by atoms with Crippen LogP contribution in [-0.2, 0) is 9.53 Å². The van der Waals surface area contributed by atoms with Gasteiger partial charge in [0.15, 0.2) is 0 Å². The molecular weight excluding hydrogens is 310 g/mol. The normalized spacial score (nSPS) is 16.6. The number of carboxylic acid groups (broad SMARTS) is 1. The molecule has 0 radical (unpaired) electrons. The first-order valence-electron chi connectivity index (χ1n) is 7.71. The minimum Gasteiger partial charge on any atom is -0.480 e. The topological polar surface area (TPSA) is 95.9 Å². The predicted octanol–water partition coefficient (Wildman–Crippen LogP) is 1.17. The van der Waals surface area contributed by atoms with Crippen molar-refractivity contribution in [1.29, 1.82) is 0 Å². The highest BCUT2D eigenvalue weighted by Gasteiger charge is 2.41. The molecule has 0 atom stereocenters. The standard InChI is InChI=1S/C18H21NO5/c1-17(2,23)7-6-13-4-3-5-14(12-13)15(20)19-18(16(21)22)8-10-24-11-9-18/h3-5,12,23H,8-11H2,1-2H3,(H,19,20)(H,21,22). The Hall–Kier alpha value is -2.36. The number of benzene rings is 1. The van der Waals surface area contributed by atoms with Crippen molar-refractivity contribution >= 4 is 11.9 Å². The van der Waals surface area contributed by atoms with Gasteiger partial charge in [0.2, 0.25) is 0 Å². The highest BCUT2D eigenvalue weighted by Crippen LogP contribution is 2.22. The van der Waals surface area contributed by atoms with Crippen LogP contribution in [0.25, 0.3) is 0 Å². The molecule has 128 valence electrons. The molecule has 1 heterocycles. The highest BCUT2D eigenvalue weighted by molar-refractivity contribution is 5.98. The molecule has 1 amide bonds. The average molecular weight is 331 g/mol. The maximum Gasteiger partial charge on any atom is 0.329 e. The number of aliphatic hydroxyl groups is 1. The molecule has 6 heteroatoms. The van der Waals surface area contributed by atoms with Crippen molar-refractivity contribution in [2.75, 3.05) is 13.2 Å². The van der Waals surface area contributed by atoms with Crippen molar-refractivity contribution < 1.29 is 24.5 Å². The molecule has 6 nitrogen and oxygen atoms in total. The van der Waals surface area contributed by atoms with Crippen LogP contribution in [-0.4, -0.2) is 46.4 Å². The number of hydrogen-bond acceptors (Lipinski definition) is 4. The highest BCUT2D eigenvalue weighted by atomic mass is 16.5. The Bertz CT molecular complexity index is 687. The summed E-state index contributed by atoms with van der Waals surface area (Å²) in [6.07, 6.45) is 0.457. The predicted molar refractivity (Wildman–Crippen MR) is 87.5 cm³/mol.